The third-order valence-corrected chi connectivity index (χ3v) is 2.99. The first-order valence-corrected chi connectivity index (χ1v) is 6.13. The lowest BCUT2D eigenvalue weighted by atomic mass is 9.96. The SMILES string of the molecule is Cn1cnc(CNC(=O)NC2CCCCC2)n1. The zero-order valence-corrected chi connectivity index (χ0v) is 10.1. The molecule has 1 aromatic rings. The van der Waals surface area contributed by atoms with Crippen LogP contribution >= 0.6 is 0 Å². The predicted molar refractivity (Wildman–Crippen MR) is 63.2 cm³/mol. The molecule has 6 heteroatoms. The highest BCUT2D eigenvalue weighted by molar-refractivity contribution is 5.74. The predicted octanol–water partition coefficient (Wildman–Crippen LogP) is 0.947. The monoisotopic (exact) mass is 237 g/mol. The first kappa shape index (κ1) is 11.9. The smallest absolute Gasteiger partial charge is 0.315 e. The van der Waals surface area contributed by atoms with Gasteiger partial charge in [0.1, 0.15) is 6.33 Å². The maximum atomic E-state index is 11.6. The first-order chi connectivity index (χ1) is 8.24. The van der Waals surface area contributed by atoms with Gasteiger partial charge in [-0.05, 0) is 12.8 Å². The summed E-state index contributed by atoms with van der Waals surface area (Å²) < 4.78 is 1.62. The Hall–Kier alpha value is -1.59. The second-order valence-electron chi connectivity index (χ2n) is 4.50. The van der Waals surface area contributed by atoms with E-state index < -0.39 is 0 Å². The van der Waals surface area contributed by atoms with Gasteiger partial charge < -0.3 is 10.6 Å². The van der Waals surface area contributed by atoms with Gasteiger partial charge in [0.25, 0.3) is 0 Å². The molecule has 0 spiro atoms. The van der Waals surface area contributed by atoms with Gasteiger partial charge in [0, 0.05) is 13.1 Å². The molecule has 2 N–H and O–H groups in total. The maximum absolute atomic E-state index is 11.6. The van der Waals surface area contributed by atoms with E-state index in [1.807, 2.05) is 0 Å². The number of urea groups is 1. The lowest BCUT2D eigenvalue weighted by Gasteiger charge is -2.22. The Bertz CT molecular complexity index is 370. The van der Waals surface area contributed by atoms with E-state index in [-0.39, 0.29) is 6.03 Å². The Morgan fingerprint density at radius 3 is 2.88 bits per heavy atom. The molecule has 94 valence electrons. The molecule has 2 amide bonds. The van der Waals surface area contributed by atoms with Crippen LogP contribution in [0.3, 0.4) is 0 Å². The van der Waals surface area contributed by atoms with Crippen LogP contribution in [0, 0.1) is 0 Å². The normalized spacial score (nSPS) is 16.8. The standard InChI is InChI=1S/C11H19N5O/c1-16-8-13-10(15-16)7-12-11(17)14-9-5-3-2-4-6-9/h8-9H,2-7H2,1H3,(H2,12,14,17). The zero-order valence-electron chi connectivity index (χ0n) is 10.1. The molecule has 1 aromatic heterocycles. The van der Waals surface area contributed by atoms with Crippen molar-refractivity contribution in [3.8, 4) is 0 Å². The van der Waals surface area contributed by atoms with E-state index in [0.717, 1.165) is 12.8 Å². The summed E-state index contributed by atoms with van der Waals surface area (Å²) >= 11 is 0. The molecule has 0 unspecified atom stereocenters. The van der Waals surface area contributed by atoms with Gasteiger partial charge >= 0.3 is 6.03 Å². The summed E-state index contributed by atoms with van der Waals surface area (Å²) in [7, 11) is 1.80. The third-order valence-electron chi connectivity index (χ3n) is 2.99. The van der Waals surface area contributed by atoms with Crippen LogP contribution in [0.25, 0.3) is 0 Å². The second-order valence-corrected chi connectivity index (χ2v) is 4.50. The molecule has 1 saturated carbocycles. The van der Waals surface area contributed by atoms with Crippen molar-refractivity contribution >= 4 is 6.03 Å². The molecule has 0 saturated heterocycles. The topological polar surface area (TPSA) is 71.8 Å². The molecule has 2 rings (SSSR count). The number of amides is 2. The lowest BCUT2D eigenvalue weighted by Crippen LogP contribution is -2.42. The van der Waals surface area contributed by atoms with Gasteiger partial charge in [0.05, 0.1) is 6.54 Å². The highest BCUT2D eigenvalue weighted by Gasteiger charge is 2.15. The fourth-order valence-electron chi connectivity index (χ4n) is 2.11. The van der Waals surface area contributed by atoms with Crippen LogP contribution in [0.5, 0.6) is 0 Å². The summed E-state index contributed by atoms with van der Waals surface area (Å²) in [5.41, 5.74) is 0. The molecule has 0 aromatic carbocycles. The number of rotatable bonds is 3. The van der Waals surface area contributed by atoms with Crippen molar-refractivity contribution in [1.29, 1.82) is 0 Å². The summed E-state index contributed by atoms with van der Waals surface area (Å²) in [5.74, 6) is 0.631. The number of carbonyl (C=O) groups is 1. The number of hydrogen-bond donors (Lipinski definition) is 2. The molecule has 1 heterocycles. The van der Waals surface area contributed by atoms with E-state index >= 15 is 0 Å². The van der Waals surface area contributed by atoms with Gasteiger partial charge in [-0.15, -0.1) is 0 Å². The van der Waals surface area contributed by atoms with Crippen LogP contribution in [0.15, 0.2) is 6.33 Å². The van der Waals surface area contributed by atoms with E-state index in [2.05, 4.69) is 20.7 Å². The highest BCUT2D eigenvalue weighted by atomic mass is 16.2. The average Bonchev–Trinajstić information content (AvgIpc) is 2.74. The zero-order chi connectivity index (χ0) is 12.1. The van der Waals surface area contributed by atoms with E-state index in [4.69, 9.17) is 0 Å². The number of aromatic nitrogens is 3. The van der Waals surface area contributed by atoms with Crippen molar-refractivity contribution in [3.63, 3.8) is 0 Å². The number of nitrogens with one attached hydrogen (secondary N) is 2. The minimum Gasteiger partial charge on any atom is -0.335 e. The van der Waals surface area contributed by atoms with Crippen molar-refractivity contribution in [2.24, 2.45) is 7.05 Å². The van der Waals surface area contributed by atoms with Gasteiger partial charge in [0.2, 0.25) is 0 Å². The largest absolute Gasteiger partial charge is 0.335 e. The van der Waals surface area contributed by atoms with Crippen molar-refractivity contribution in [1.82, 2.24) is 25.4 Å². The number of nitrogens with zero attached hydrogens (tertiary/aromatic N) is 3. The number of carbonyl (C=O) groups excluding carboxylic acids is 1. The maximum Gasteiger partial charge on any atom is 0.315 e. The van der Waals surface area contributed by atoms with Crippen molar-refractivity contribution in [2.45, 2.75) is 44.7 Å². The second kappa shape index (κ2) is 5.65. The van der Waals surface area contributed by atoms with Gasteiger partial charge in [-0.25, -0.2) is 9.78 Å². The molecule has 6 nitrogen and oxygen atoms in total. The minimum absolute atomic E-state index is 0.121. The van der Waals surface area contributed by atoms with Gasteiger partial charge in [-0.3, -0.25) is 4.68 Å². The van der Waals surface area contributed by atoms with Gasteiger partial charge in [-0.1, -0.05) is 19.3 Å². The Morgan fingerprint density at radius 1 is 1.47 bits per heavy atom. The summed E-state index contributed by atoms with van der Waals surface area (Å²) in [6.07, 6.45) is 7.53. The van der Waals surface area contributed by atoms with E-state index in [0.29, 0.717) is 18.4 Å². The first-order valence-electron chi connectivity index (χ1n) is 6.13. The van der Waals surface area contributed by atoms with E-state index in [1.54, 1.807) is 18.1 Å². The molecular formula is C11H19N5O. The van der Waals surface area contributed by atoms with Crippen LogP contribution < -0.4 is 10.6 Å². The van der Waals surface area contributed by atoms with E-state index in [9.17, 15) is 4.79 Å². The van der Waals surface area contributed by atoms with Gasteiger partial charge in [-0.2, -0.15) is 5.10 Å². The van der Waals surface area contributed by atoms with Crippen LogP contribution in [0.2, 0.25) is 0 Å². The molecule has 1 aliphatic carbocycles. The Kier molecular flexibility index (Phi) is 3.95. The number of aryl methyl sites for hydroxylation is 1. The van der Waals surface area contributed by atoms with E-state index in [1.165, 1.54) is 19.3 Å². The minimum atomic E-state index is -0.121. The molecule has 0 aliphatic heterocycles. The summed E-state index contributed by atoms with van der Waals surface area (Å²) in [4.78, 5) is 15.7. The van der Waals surface area contributed by atoms with Crippen LogP contribution in [-0.4, -0.2) is 26.8 Å². The van der Waals surface area contributed by atoms with Crippen molar-refractivity contribution < 1.29 is 4.79 Å². The molecule has 0 atom stereocenters. The number of hydrogen-bond acceptors (Lipinski definition) is 3. The third kappa shape index (κ3) is 3.72. The summed E-state index contributed by atoms with van der Waals surface area (Å²) in [6.45, 7) is 0.374. The van der Waals surface area contributed by atoms with Crippen molar-refractivity contribution in [2.75, 3.05) is 0 Å². The molecular weight excluding hydrogens is 218 g/mol. The lowest BCUT2D eigenvalue weighted by molar-refractivity contribution is 0.232. The summed E-state index contributed by atoms with van der Waals surface area (Å²) in [5, 5.41) is 9.85. The van der Waals surface area contributed by atoms with Crippen LogP contribution in [0.4, 0.5) is 4.79 Å². The fraction of sp³-hybridized carbons (Fsp3) is 0.727. The molecule has 0 bridgehead atoms. The Balaban J connectivity index is 1.70. The van der Waals surface area contributed by atoms with Crippen LogP contribution in [-0.2, 0) is 13.6 Å². The average molecular weight is 237 g/mol. The molecule has 1 aliphatic rings. The molecule has 1 fully saturated rings. The highest BCUT2D eigenvalue weighted by Crippen LogP contribution is 2.17. The quantitative estimate of drug-likeness (QED) is 0.822. The Labute approximate surface area is 101 Å². The Morgan fingerprint density at radius 2 is 2.24 bits per heavy atom. The molecule has 0 radical (unpaired) electrons. The molecule has 17 heavy (non-hydrogen) atoms. The van der Waals surface area contributed by atoms with Gasteiger partial charge in [0.15, 0.2) is 5.82 Å². The van der Waals surface area contributed by atoms with Crippen molar-refractivity contribution in [3.05, 3.63) is 12.2 Å². The fourth-order valence-corrected chi connectivity index (χ4v) is 2.11. The summed E-state index contributed by atoms with van der Waals surface area (Å²) in [6, 6.07) is 0.213. The van der Waals surface area contributed by atoms with Crippen LogP contribution in [0.1, 0.15) is 37.9 Å².